The molecule has 0 saturated carbocycles. The van der Waals surface area contributed by atoms with Crippen molar-refractivity contribution < 1.29 is 19.6 Å². The highest BCUT2D eigenvalue weighted by atomic mass is 16.6. The van der Waals surface area contributed by atoms with Gasteiger partial charge in [-0.2, -0.15) is 0 Å². The predicted molar refractivity (Wildman–Crippen MR) is 78.6 cm³/mol. The third kappa shape index (κ3) is 5.06. The van der Waals surface area contributed by atoms with Crippen LogP contribution < -0.4 is 4.74 Å². The largest absolute Gasteiger partial charge is 0.487 e. The van der Waals surface area contributed by atoms with Crippen LogP contribution in [0.25, 0.3) is 0 Å². The first-order valence-corrected chi connectivity index (χ1v) is 6.85. The lowest BCUT2D eigenvalue weighted by Gasteiger charge is -2.18. The molecule has 1 rings (SSSR count). The van der Waals surface area contributed by atoms with Gasteiger partial charge in [0.1, 0.15) is 0 Å². The maximum Gasteiger partial charge on any atom is 0.311 e. The minimum atomic E-state index is -0.822. The summed E-state index contributed by atoms with van der Waals surface area (Å²) in [6, 6.07) is 4.83. The van der Waals surface area contributed by atoms with Crippen LogP contribution in [0.4, 0.5) is 5.69 Å². The molecule has 0 aliphatic rings. The molecule has 0 unspecified atom stereocenters. The van der Waals surface area contributed by atoms with E-state index >= 15 is 0 Å². The highest BCUT2D eigenvalue weighted by Crippen LogP contribution is 2.28. The smallest absolute Gasteiger partial charge is 0.311 e. The fraction of sp³-hybridized carbons (Fsp3) is 0.533. The first kappa shape index (κ1) is 16.9. The van der Waals surface area contributed by atoms with Crippen LogP contribution in [0.5, 0.6) is 5.75 Å². The van der Waals surface area contributed by atoms with E-state index in [2.05, 4.69) is 0 Å². The van der Waals surface area contributed by atoms with Crippen LogP contribution in [0, 0.1) is 22.5 Å². The zero-order chi connectivity index (χ0) is 16.0. The van der Waals surface area contributed by atoms with E-state index in [0.717, 1.165) is 5.56 Å². The number of hydrogen-bond donors (Lipinski definition) is 1. The van der Waals surface area contributed by atoms with Gasteiger partial charge < -0.3 is 9.84 Å². The van der Waals surface area contributed by atoms with E-state index in [0.29, 0.717) is 25.9 Å². The molecular weight excluding hydrogens is 274 g/mol. The summed E-state index contributed by atoms with van der Waals surface area (Å²) in [5, 5.41) is 19.9. The van der Waals surface area contributed by atoms with Crippen LogP contribution in [-0.4, -0.2) is 22.6 Å². The lowest BCUT2D eigenvalue weighted by Crippen LogP contribution is -2.23. The number of nitrogens with zero attached hydrogens (tertiary/aromatic N) is 1. The third-order valence-corrected chi connectivity index (χ3v) is 3.34. The number of aliphatic carboxylic acids is 1. The van der Waals surface area contributed by atoms with Crippen LogP contribution in [0.2, 0.25) is 0 Å². The molecule has 0 atom stereocenters. The van der Waals surface area contributed by atoms with Gasteiger partial charge in [0.25, 0.3) is 0 Å². The van der Waals surface area contributed by atoms with E-state index < -0.39 is 16.3 Å². The summed E-state index contributed by atoms with van der Waals surface area (Å²) in [6.45, 7) is 5.48. The lowest BCUT2D eigenvalue weighted by molar-refractivity contribution is -0.385. The zero-order valence-corrected chi connectivity index (χ0v) is 12.6. The van der Waals surface area contributed by atoms with Gasteiger partial charge in [-0.1, -0.05) is 6.07 Å². The van der Waals surface area contributed by atoms with Crippen LogP contribution in [0.15, 0.2) is 18.2 Å². The van der Waals surface area contributed by atoms with Crippen molar-refractivity contribution in [3.8, 4) is 5.75 Å². The Balaban J connectivity index is 2.47. The van der Waals surface area contributed by atoms with Crippen molar-refractivity contribution in [2.75, 3.05) is 6.61 Å². The number of rotatable bonds is 8. The number of unbranched alkanes of at least 4 members (excludes halogenated alkanes) is 1. The van der Waals surface area contributed by atoms with Crippen molar-refractivity contribution in [3.63, 3.8) is 0 Å². The predicted octanol–water partition coefficient (Wildman–Crippen LogP) is 3.56. The van der Waals surface area contributed by atoms with E-state index in [1.54, 1.807) is 32.9 Å². The molecule has 0 bridgehead atoms. The Bertz CT molecular complexity index is 525. The van der Waals surface area contributed by atoms with Crippen molar-refractivity contribution in [2.45, 2.75) is 40.0 Å². The molecule has 1 N–H and O–H groups in total. The maximum atomic E-state index is 11.0. The Morgan fingerprint density at radius 2 is 2.05 bits per heavy atom. The fourth-order valence-electron chi connectivity index (χ4n) is 1.85. The Morgan fingerprint density at radius 1 is 1.38 bits per heavy atom. The van der Waals surface area contributed by atoms with Crippen molar-refractivity contribution in [2.24, 2.45) is 5.41 Å². The summed E-state index contributed by atoms with van der Waals surface area (Å²) >= 11 is 0. The minimum Gasteiger partial charge on any atom is -0.487 e. The molecule has 1 aromatic rings. The molecule has 0 amide bonds. The van der Waals surface area contributed by atoms with Crippen molar-refractivity contribution in [1.29, 1.82) is 0 Å². The number of hydrogen-bond acceptors (Lipinski definition) is 4. The zero-order valence-electron chi connectivity index (χ0n) is 12.6. The second kappa shape index (κ2) is 7.06. The van der Waals surface area contributed by atoms with Gasteiger partial charge in [-0.3, -0.25) is 14.9 Å². The maximum absolute atomic E-state index is 11.0. The highest BCUT2D eigenvalue weighted by Gasteiger charge is 2.26. The van der Waals surface area contributed by atoms with E-state index in [9.17, 15) is 14.9 Å². The average molecular weight is 295 g/mol. The van der Waals surface area contributed by atoms with Crippen molar-refractivity contribution >= 4 is 11.7 Å². The fourth-order valence-corrected chi connectivity index (χ4v) is 1.85. The monoisotopic (exact) mass is 295 g/mol. The molecule has 1 aromatic carbocycles. The molecule has 6 nitrogen and oxygen atoms in total. The van der Waals surface area contributed by atoms with E-state index in [-0.39, 0.29) is 11.4 Å². The standard InChI is InChI=1S/C15H21NO5/c1-11-6-7-13(12(10-11)16(19)20)21-9-5-4-8-15(2,3)14(17)18/h6-7,10H,4-5,8-9H2,1-3H3,(H,17,18). The van der Waals surface area contributed by atoms with E-state index in [1.807, 2.05) is 0 Å². The van der Waals surface area contributed by atoms with Crippen LogP contribution in [0.3, 0.4) is 0 Å². The molecule has 0 heterocycles. The number of carboxylic acids is 1. The second-order valence-electron chi connectivity index (χ2n) is 5.72. The van der Waals surface area contributed by atoms with Crippen LogP contribution in [0.1, 0.15) is 38.7 Å². The summed E-state index contributed by atoms with van der Waals surface area (Å²) in [7, 11) is 0. The highest BCUT2D eigenvalue weighted by molar-refractivity contribution is 5.73. The Morgan fingerprint density at radius 3 is 2.62 bits per heavy atom. The number of carboxylic acid groups (broad SMARTS) is 1. The number of nitro groups is 1. The topological polar surface area (TPSA) is 89.7 Å². The molecule has 0 aliphatic heterocycles. The average Bonchev–Trinajstić information content (AvgIpc) is 2.39. The van der Waals surface area contributed by atoms with Crippen LogP contribution >= 0.6 is 0 Å². The molecule has 6 heteroatoms. The summed E-state index contributed by atoms with van der Waals surface area (Å²) < 4.78 is 5.44. The third-order valence-electron chi connectivity index (χ3n) is 3.34. The van der Waals surface area contributed by atoms with Crippen LogP contribution in [-0.2, 0) is 4.79 Å². The molecule has 116 valence electrons. The number of nitro benzene ring substituents is 1. The Labute approximate surface area is 123 Å². The Kier molecular flexibility index (Phi) is 5.69. The summed E-state index contributed by atoms with van der Waals surface area (Å²) in [5.74, 6) is -0.569. The molecule has 21 heavy (non-hydrogen) atoms. The number of aryl methyl sites for hydroxylation is 1. The van der Waals surface area contributed by atoms with Gasteiger partial charge in [0.15, 0.2) is 5.75 Å². The van der Waals surface area contributed by atoms with Gasteiger partial charge >= 0.3 is 11.7 Å². The summed E-state index contributed by atoms with van der Waals surface area (Å²) in [6.07, 6.45) is 1.89. The molecule has 0 radical (unpaired) electrons. The molecule has 0 aromatic heterocycles. The SMILES string of the molecule is Cc1ccc(OCCCCC(C)(C)C(=O)O)c([N+](=O)[O-])c1. The number of benzene rings is 1. The first-order chi connectivity index (χ1) is 9.74. The minimum absolute atomic E-state index is 0.0409. The molecule has 0 spiro atoms. The van der Waals surface area contributed by atoms with Crippen molar-refractivity contribution in [3.05, 3.63) is 33.9 Å². The number of ether oxygens (including phenoxy) is 1. The van der Waals surface area contributed by atoms with E-state index in [1.165, 1.54) is 6.07 Å². The normalized spacial score (nSPS) is 11.2. The number of carbonyl (C=O) groups is 1. The molecule has 0 aliphatic carbocycles. The second-order valence-corrected chi connectivity index (χ2v) is 5.72. The Hall–Kier alpha value is -2.11. The molecule has 0 fully saturated rings. The van der Waals surface area contributed by atoms with E-state index in [4.69, 9.17) is 9.84 Å². The van der Waals surface area contributed by atoms with Crippen molar-refractivity contribution in [1.82, 2.24) is 0 Å². The lowest BCUT2D eigenvalue weighted by atomic mass is 9.87. The first-order valence-electron chi connectivity index (χ1n) is 6.85. The van der Waals surface area contributed by atoms with Gasteiger partial charge in [0.05, 0.1) is 16.9 Å². The molecule has 0 saturated heterocycles. The summed E-state index contributed by atoms with van der Waals surface area (Å²) in [4.78, 5) is 21.4. The molecular formula is C15H21NO5. The van der Waals surface area contributed by atoms with Gasteiger partial charge in [-0.05, 0) is 51.7 Å². The van der Waals surface area contributed by atoms with Gasteiger partial charge in [0, 0.05) is 6.07 Å². The van der Waals surface area contributed by atoms with Gasteiger partial charge in [-0.25, -0.2) is 0 Å². The van der Waals surface area contributed by atoms with Gasteiger partial charge in [-0.15, -0.1) is 0 Å². The van der Waals surface area contributed by atoms with Gasteiger partial charge in [0.2, 0.25) is 0 Å². The summed E-state index contributed by atoms with van der Waals surface area (Å²) in [5.41, 5.74) is 0.00804. The quantitative estimate of drug-likeness (QED) is 0.450.